The van der Waals surface area contributed by atoms with Gasteiger partial charge in [-0.15, -0.1) is 0 Å². The molecule has 1 N–H and O–H groups in total. The largest absolute Gasteiger partial charge is 0.462 e. The Morgan fingerprint density at radius 1 is 0.338 bits per heavy atom. The monoisotopic (exact) mass is 991 g/mol. The molecule has 0 saturated carbocycles. The highest BCUT2D eigenvalue weighted by Crippen LogP contribution is 2.18. The molecular formula is C66H118O5. The summed E-state index contributed by atoms with van der Waals surface area (Å²) in [6, 6.07) is 0. The summed E-state index contributed by atoms with van der Waals surface area (Å²) in [7, 11) is 0. The van der Waals surface area contributed by atoms with Gasteiger partial charge < -0.3 is 14.6 Å². The predicted molar refractivity (Wildman–Crippen MR) is 311 cm³/mol. The third-order valence-electron chi connectivity index (χ3n) is 13.8. The Hall–Kier alpha value is -2.66. The molecule has 0 aromatic heterocycles. The highest BCUT2D eigenvalue weighted by Gasteiger charge is 2.16. The van der Waals surface area contributed by atoms with Gasteiger partial charge in [-0.2, -0.15) is 0 Å². The lowest BCUT2D eigenvalue weighted by Gasteiger charge is -2.15. The number of allylic oxidation sites excluding steroid dienone is 12. The molecule has 412 valence electrons. The Bertz CT molecular complexity index is 1260. The van der Waals surface area contributed by atoms with Crippen LogP contribution in [0.4, 0.5) is 0 Å². The zero-order chi connectivity index (χ0) is 51.3. The number of aliphatic hydroxyl groups excluding tert-OH is 1. The number of aliphatic hydroxyl groups is 1. The summed E-state index contributed by atoms with van der Waals surface area (Å²) in [5, 5.41) is 9.68. The number of carbonyl (C=O) groups excluding carboxylic acids is 2. The second kappa shape index (κ2) is 61.6. The van der Waals surface area contributed by atoms with Crippen LogP contribution in [0.2, 0.25) is 0 Å². The second-order valence-electron chi connectivity index (χ2n) is 20.8. The van der Waals surface area contributed by atoms with E-state index >= 15 is 0 Å². The lowest BCUT2D eigenvalue weighted by atomic mass is 10.0. The maximum atomic E-state index is 12.3. The Labute approximate surface area is 442 Å². The minimum atomic E-state index is -0.777. The SMILES string of the molecule is CC/C=C\C/C=C\C/C=C\C/C=C\C/C=C\C/C=C\CCCCCCCCCCCCC(=O)OC(CO)COC(=O)CCCCCCCCCCCCCCCCCCCCCCCCCCCCCC. The number of hydrogen-bond donors (Lipinski definition) is 1. The Kier molecular flexibility index (Phi) is 59.3. The number of esters is 2. The molecule has 71 heavy (non-hydrogen) atoms. The summed E-state index contributed by atoms with van der Waals surface area (Å²) in [5.74, 6) is -0.583. The first-order valence-corrected chi connectivity index (χ1v) is 31.0. The van der Waals surface area contributed by atoms with Crippen LogP contribution in [0.15, 0.2) is 72.9 Å². The molecule has 0 fully saturated rings. The molecule has 0 aliphatic carbocycles. The number of ether oxygens (including phenoxy) is 2. The number of carbonyl (C=O) groups is 2. The van der Waals surface area contributed by atoms with E-state index in [0.717, 1.165) is 77.0 Å². The van der Waals surface area contributed by atoms with Crippen LogP contribution >= 0.6 is 0 Å². The normalized spacial score (nSPS) is 12.7. The maximum absolute atomic E-state index is 12.3. The van der Waals surface area contributed by atoms with Crippen molar-refractivity contribution in [3.8, 4) is 0 Å². The van der Waals surface area contributed by atoms with E-state index in [0.29, 0.717) is 12.8 Å². The molecule has 1 atom stereocenters. The fourth-order valence-electron chi connectivity index (χ4n) is 9.15. The van der Waals surface area contributed by atoms with Crippen molar-refractivity contribution >= 4 is 11.9 Å². The van der Waals surface area contributed by atoms with Crippen LogP contribution in [-0.4, -0.2) is 36.4 Å². The molecule has 5 nitrogen and oxygen atoms in total. The fourth-order valence-corrected chi connectivity index (χ4v) is 9.15. The minimum absolute atomic E-state index is 0.0664. The van der Waals surface area contributed by atoms with Gasteiger partial charge in [-0.3, -0.25) is 9.59 Å². The summed E-state index contributed by atoms with van der Waals surface area (Å²) in [6.45, 7) is 4.06. The molecule has 0 rings (SSSR count). The van der Waals surface area contributed by atoms with Crippen LogP contribution in [-0.2, 0) is 19.1 Å². The maximum Gasteiger partial charge on any atom is 0.306 e. The molecule has 0 spiro atoms. The van der Waals surface area contributed by atoms with E-state index < -0.39 is 6.10 Å². The predicted octanol–water partition coefficient (Wildman–Crippen LogP) is 21.1. The average Bonchev–Trinajstić information content (AvgIpc) is 3.37. The van der Waals surface area contributed by atoms with E-state index in [1.807, 2.05) is 0 Å². The van der Waals surface area contributed by atoms with Crippen molar-refractivity contribution in [2.75, 3.05) is 13.2 Å². The highest BCUT2D eigenvalue weighted by atomic mass is 16.6. The van der Waals surface area contributed by atoms with Crippen LogP contribution in [0, 0.1) is 0 Å². The number of rotatable bonds is 57. The van der Waals surface area contributed by atoms with Crippen molar-refractivity contribution in [3.63, 3.8) is 0 Å². The van der Waals surface area contributed by atoms with E-state index in [2.05, 4.69) is 86.8 Å². The lowest BCUT2D eigenvalue weighted by molar-refractivity contribution is -0.161. The van der Waals surface area contributed by atoms with Gasteiger partial charge in [-0.25, -0.2) is 0 Å². The van der Waals surface area contributed by atoms with Gasteiger partial charge in [0, 0.05) is 12.8 Å². The summed E-state index contributed by atoms with van der Waals surface area (Å²) in [6.07, 6.45) is 84.7. The molecule has 0 aromatic rings. The minimum Gasteiger partial charge on any atom is -0.462 e. The van der Waals surface area contributed by atoms with Crippen LogP contribution in [0.1, 0.15) is 316 Å². The molecular weight excluding hydrogens is 873 g/mol. The van der Waals surface area contributed by atoms with Crippen molar-refractivity contribution < 1.29 is 24.2 Å². The average molecular weight is 992 g/mol. The van der Waals surface area contributed by atoms with Crippen LogP contribution in [0.3, 0.4) is 0 Å². The van der Waals surface area contributed by atoms with Crippen molar-refractivity contribution in [2.24, 2.45) is 0 Å². The van der Waals surface area contributed by atoms with Crippen LogP contribution in [0.5, 0.6) is 0 Å². The van der Waals surface area contributed by atoms with Crippen molar-refractivity contribution in [2.45, 2.75) is 322 Å². The lowest BCUT2D eigenvalue weighted by Crippen LogP contribution is -2.28. The molecule has 0 saturated heterocycles. The van der Waals surface area contributed by atoms with Gasteiger partial charge in [-0.05, 0) is 64.2 Å². The molecule has 1 unspecified atom stereocenters. The van der Waals surface area contributed by atoms with Crippen molar-refractivity contribution in [3.05, 3.63) is 72.9 Å². The first kappa shape index (κ1) is 68.3. The second-order valence-corrected chi connectivity index (χ2v) is 20.8. The van der Waals surface area contributed by atoms with E-state index in [9.17, 15) is 14.7 Å². The van der Waals surface area contributed by atoms with Crippen molar-refractivity contribution in [1.82, 2.24) is 0 Å². The first-order chi connectivity index (χ1) is 35.1. The van der Waals surface area contributed by atoms with Gasteiger partial charge >= 0.3 is 11.9 Å². The quantitative estimate of drug-likeness (QED) is 0.0373. The standard InChI is InChI=1S/C66H118O5/c1-3-5-7-9-11-13-15-17-19-21-23-25-27-29-31-33-35-37-39-41-43-45-47-49-51-53-55-57-59-61-66(69)71-64(62-67)63-70-65(68)60-58-56-54-52-50-48-46-44-42-40-38-36-34-32-30-28-26-24-22-20-18-16-14-12-10-8-6-4-2/h5,7,11,13,17,19,23,25,29,31,35,37,64,67H,3-4,6,8-10,12,14-16,18,20-22,24,26-28,30,32-34,36,38-63H2,1-2H3/b7-5-,13-11-,19-17-,25-23-,31-29-,37-35-. The van der Waals surface area contributed by atoms with Gasteiger partial charge in [0.05, 0.1) is 6.61 Å². The topological polar surface area (TPSA) is 72.8 Å². The zero-order valence-electron chi connectivity index (χ0n) is 47.2. The Balaban J connectivity index is 3.47. The van der Waals surface area contributed by atoms with Crippen LogP contribution < -0.4 is 0 Å². The zero-order valence-corrected chi connectivity index (χ0v) is 47.2. The molecule has 0 bridgehead atoms. The Morgan fingerprint density at radius 2 is 0.606 bits per heavy atom. The molecule has 0 radical (unpaired) electrons. The third-order valence-corrected chi connectivity index (χ3v) is 13.8. The third kappa shape index (κ3) is 59.8. The van der Waals surface area contributed by atoms with Gasteiger partial charge in [0.15, 0.2) is 6.10 Å². The van der Waals surface area contributed by atoms with Crippen LogP contribution in [0.25, 0.3) is 0 Å². The molecule has 0 aliphatic rings. The van der Waals surface area contributed by atoms with E-state index in [1.165, 1.54) is 212 Å². The summed E-state index contributed by atoms with van der Waals surface area (Å²) in [5.41, 5.74) is 0. The summed E-state index contributed by atoms with van der Waals surface area (Å²) in [4.78, 5) is 24.6. The fraction of sp³-hybridized carbons (Fsp3) is 0.788. The molecule has 5 heteroatoms. The molecule has 0 amide bonds. The van der Waals surface area contributed by atoms with Gasteiger partial charge in [0.1, 0.15) is 6.61 Å². The van der Waals surface area contributed by atoms with E-state index in [4.69, 9.17) is 9.47 Å². The van der Waals surface area contributed by atoms with Gasteiger partial charge in [0.2, 0.25) is 0 Å². The number of unbranched alkanes of at least 4 members (excludes halogenated alkanes) is 37. The van der Waals surface area contributed by atoms with Crippen molar-refractivity contribution in [1.29, 1.82) is 0 Å². The summed E-state index contributed by atoms with van der Waals surface area (Å²) < 4.78 is 10.7. The van der Waals surface area contributed by atoms with Gasteiger partial charge in [-0.1, -0.05) is 311 Å². The van der Waals surface area contributed by atoms with E-state index in [-0.39, 0.29) is 25.2 Å². The Morgan fingerprint density at radius 3 is 0.915 bits per heavy atom. The van der Waals surface area contributed by atoms with Gasteiger partial charge in [0.25, 0.3) is 0 Å². The summed E-state index contributed by atoms with van der Waals surface area (Å²) >= 11 is 0. The highest BCUT2D eigenvalue weighted by molar-refractivity contribution is 5.70. The number of hydrogen-bond acceptors (Lipinski definition) is 5. The molecule has 0 heterocycles. The molecule has 0 aromatic carbocycles. The smallest absolute Gasteiger partial charge is 0.306 e. The molecule has 0 aliphatic heterocycles. The first-order valence-electron chi connectivity index (χ1n) is 31.0. The van der Waals surface area contributed by atoms with E-state index in [1.54, 1.807) is 0 Å².